The van der Waals surface area contributed by atoms with E-state index < -0.39 is 50.9 Å². The molecule has 2 heterocycles. The SMILES string of the molecule is Cc1nn(C(F)F)cc1S(=O)(=O)n1ncc2ccc(CC(=O)c3c(F)cccc3F)cc21. The first kappa shape index (κ1) is 21.7. The van der Waals surface area contributed by atoms with Gasteiger partial charge in [-0.2, -0.15) is 31.5 Å². The summed E-state index contributed by atoms with van der Waals surface area (Å²) in [4.78, 5) is 12.0. The van der Waals surface area contributed by atoms with Gasteiger partial charge in [0.2, 0.25) is 0 Å². The van der Waals surface area contributed by atoms with Crippen molar-refractivity contribution in [2.45, 2.75) is 24.8 Å². The predicted molar refractivity (Wildman–Crippen MR) is 105 cm³/mol. The van der Waals surface area contributed by atoms with E-state index in [1.165, 1.54) is 31.3 Å². The first-order chi connectivity index (χ1) is 15.1. The average Bonchev–Trinajstić information content (AvgIpc) is 3.32. The van der Waals surface area contributed by atoms with Gasteiger partial charge in [-0.3, -0.25) is 4.79 Å². The zero-order valence-electron chi connectivity index (χ0n) is 16.3. The first-order valence-electron chi connectivity index (χ1n) is 9.13. The van der Waals surface area contributed by atoms with E-state index in [9.17, 15) is 30.8 Å². The highest BCUT2D eigenvalue weighted by atomic mass is 32.2. The summed E-state index contributed by atoms with van der Waals surface area (Å²) in [5, 5.41) is 7.74. The van der Waals surface area contributed by atoms with Crippen LogP contribution in [-0.2, 0) is 16.4 Å². The van der Waals surface area contributed by atoms with Gasteiger partial charge in [-0.15, -0.1) is 0 Å². The van der Waals surface area contributed by atoms with E-state index in [1.54, 1.807) is 0 Å². The van der Waals surface area contributed by atoms with Crippen LogP contribution in [0.25, 0.3) is 10.9 Å². The summed E-state index contributed by atoms with van der Waals surface area (Å²) < 4.78 is 80.6. The minimum Gasteiger partial charge on any atom is -0.294 e. The number of alkyl halides is 2. The van der Waals surface area contributed by atoms with Gasteiger partial charge in [-0.05, 0) is 30.7 Å². The lowest BCUT2D eigenvalue weighted by Gasteiger charge is -2.07. The zero-order chi connectivity index (χ0) is 23.2. The fraction of sp³-hybridized carbons (Fsp3) is 0.150. The monoisotopic (exact) mass is 466 g/mol. The molecule has 0 saturated heterocycles. The number of fused-ring (bicyclic) bond motifs is 1. The number of Topliss-reactive ketones (excluding diaryl/α,β-unsaturated/α-hetero) is 1. The molecule has 0 aliphatic rings. The molecule has 0 saturated carbocycles. The molecule has 0 atom stereocenters. The molecule has 0 fully saturated rings. The minimum atomic E-state index is -4.39. The van der Waals surface area contributed by atoms with Crippen LogP contribution >= 0.6 is 0 Å². The van der Waals surface area contributed by atoms with Crippen molar-refractivity contribution in [1.82, 2.24) is 19.0 Å². The Hall–Kier alpha value is -3.54. The number of nitrogens with zero attached hydrogens (tertiary/aromatic N) is 4. The summed E-state index contributed by atoms with van der Waals surface area (Å²) in [7, 11) is -4.39. The van der Waals surface area contributed by atoms with Crippen LogP contribution in [0.5, 0.6) is 0 Å². The van der Waals surface area contributed by atoms with Crippen molar-refractivity contribution < 1.29 is 30.8 Å². The van der Waals surface area contributed by atoms with Crippen molar-refractivity contribution in [3.63, 3.8) is 0 Å². The van der Waals surface area contributed by atoms with E-state index in [1.807, 2.05) is 0 Å². The molecule has 4 aromatic rings. The fourth-order valence-electron chi connectivity index (χ4n) is 3.29. The van der Waals surface area contributed by atoms with E-state index in [-0.39, 0.29) is 21.5 Å². The van der Waals surface area contributed by atoms with E-state index in [0.29, 0.717) is 15.7 Å². The highest BCUT2D eigenvalue weighted by molar-refractivity contribution is 7.90. The third-order valence-electron chi connectivity index (χ3n) is 4.79. The Kier molecular flexibility index (Phi) is 5.33. The number of hydrogen-bond donors (Lipinski definition) is 0. The second-order valence-corrected chi connectivity index (χ2v) is 8.65. The van der Waals surface area contributed by atoms with Gasteiger partial charge in [0.15, 0.2) is 5.78 Å². The van der Waals surface area contributed by atoms with Gasteiger partial charge in [0, 0.05) is 11.8 Å². The highest BCUT2D eigenvalue weighted by Gasteiger charge is 2.27. The number of carbonyl (C=O) groups is 1. The molecular formula is C20H14F4N4O3S. The second kappa shape index (κ2) is 7.86. The molecule has 4 rings (SSSR count). The van der Waals surface area contributed by atoms with Crippen LogP contribution in [0.2, 0.25) is 0 Å². The Labute approximate surface area is 178 Å². The number of ketones is 1. The first-order valence-corrected chi connectivity index (χ1v) is 10.6. The normalized spacial score (nSPS) is 12.1. The van der Waals surface area contributed by atoms with Gasteiger partial charge in [-0.25, -0.2) is 13.5 Å². The Morgan fingerprint density at radius 1 is 1.12 bits per heavy atom. The molecule has 0 unspecified atom stereocenters. The summed E-state index contributed by atoms with van der Waals surface area (Å²) >= 11 is 0. The van der Waals surface area contributed by atoms with Crippen LogP contribution in [0.1, 0.15) is 28.2 Å². The Morgan fingerprint density at radius 3 is 2.44 bits per heavy atom. The molecule has 0 N–H and O–H groups in total. The van der Waals surface area contributed by atoms with Gasteiger partial charge in [-0.1, -0.05) is 18.2 Å². The van der Waals surface area contributed by atoms with Gasteiger partial charge in [0.25, 0.3) is 10.0 Å². The van der Waals surface area contributed by atoms with Crippen LogP contribution in [0.3, 0.4) is 0 Å². The summed E-state index contributed by atoms with van der Waals surface area (Å²) in [6.07, 6.45) is 1.56. The van der Waals surface area contributed by atoms with Crippen LogP contribution in [0.4, 0.5) is 17.6 Å². The quantitative estimate of drug-likeness (QED) is 0.318. The maximum Gasteiger partial charge on any atom is 0.333 e. The van der Waals surface area contributed by atoms with Crippen molar-refractivity contribution in [3.8, 4) is 0 Å². The number of aryl methyl sites for hydroxylation is 1. The van der Waals surface area contributed by atoms with E-state index in [4.69, 9.17) is 0 Å². The molecule has 12 heteroatoms. The predicted octanol–water partition coefficient (Wildman–Crippen LogP) is 3.88. The van der Waals surface area contributed by atoms with Crippen LogP contribution in [0.15, 0.2) is 53.7 Å². The standard InChI is InChI=1S/C20H14F4N4O3S/c1-11-18(10-27(26-11)20(23)24)32(30,31)28-16-7-12(5-6-13(16)9-25-28)8-17(29)19-14(21)3-2-4-15(19)22/h2-7,9-10,20H,8H2,1H3. The second-order valence-electron chi connectivity index (χ2n) is 6.92. The molecule has 0 aliphatic heterocycles. The van der Waals surface area contributed by atoms with Gasteiger partial charge in [0.05, 0.1) is 29.2 Å². The smallest absolute Gasteiger partial charge is 0.294 e. The molecule has 2 aromatic carbocycles. The third kappa shape index (κ3) is 3.66. The molecular weight excluding hydrogens is 452 g/mol. The molecule has 0 radical (unpaired) electrons. The van der Waals surface area contributed by atoms with Gasteiger partial charge < -0.3 is 0 Å². The molecule has 0 aliphatic carbocycles. The fourth-order valence-corrected chi connectivity index (χ4v) is 4.72. The number of halogens is 4. The van der Waals surface area contributed by atoms with Gasteiger partial charge in [0.1, 0.15) is 16.5 Å². The third-order valence-corrected chi connectivity index (χ3v) is 6.49. The number of aromatic nitrogens is 4. The molecule has 0 spiro atoms. The number of carbonyl (C=O) groups excluding carboxylic acids is 1. The highest BCUT2D eigenvalue weighted by Crippen LogP contribution is 2.25. The summed E-state index contributed by atoms with van der Waals surface area (Å²) in [6.45, 7) is -1.76. The maximum absolute atomic E-state index is 13.9. The van der Waals surface area contributed by atoms with E-state index in [2.05, 4.69) is 10.2 Å². The minimum absolute atomic E-state index is 0.0634. The molecule has 0 amide bonds. The Morgan fingerprint density at radius 2 is 1.81 bits per heavy atom. The molecule has 2 aromatic heterocycles. The molecule has 32 heavy (non-hydrogen) atoms. The average molecular weight is 466 g/mol. The van der Waals surface area contributed by atoms with Crippen molar-refractivity contribution in [1.29, 1.82) is 0 Å². The molecule has 0 bridgehead atoms. The summed E-state index contributed by atoms with van der Waals surface area (Å²) in [5.74, 6) is -2.84. The number of benzene rings is 2. The lowest BCUT2D eigenvalue weighted by Crippen LogP contribution is -2.15. The van der Waals surface area contributed by atoms with Crippen molar-refractivity contribution in [2.24, 2.45) is 0 Å². The lowest BCUT2D eigenvalue weighted by atomic mass is 10.0. The van der Waals surface area contributed by atoms with E-state index in [0.717, 1.165) is 18.2 Å². The van der Waals surface area contributed by atoms with Crippen LogP contribution in [-0.4, -0.2) is 33.2 Å². The number of hydrogen-bond acceptors (Lipinski definition) is 5. The maximum atomic E-state index is 13.9. The van der Waals surface area contributed by atoms with Crippen LogP contribution in [0, 0.1) is 18.6 Å². The van der Waals surface area contributed by atoms with Crippen LogP contribution < -0.4 is 0 Å². The largest absolute Gasteiger partial charge is 0.333 e. The Balaban J connectivity index is 1.74. The summed E-state index contributed by atoms with van der Waals surface area (Å²) in [5.41, 5.74) is -0.491. The van der Waals surface area contributed by atoms with Crippen molar-refractivity contribution in [2.75, 3.05) is 0 Å². The van der Waals surface area contributed by atoms with Gasteiger partial charge >= 0.3 is 6.55 Å². The number of rotatable bonds is 6. The molecule has 166 valence electrons. The van der Waals surface area contributed by atoms with Crippen molar-refractivity contribution >= 4 is 26.7 Å². The van der Waals surface area contributed by atoms with E-state index >= 15 is 0 Å². The lowest BCUT2D eigenvalue weighted by molar-refractivity contribution is 0.0561. The zero-order valence-corrected chi connectivity index (χ0v) is 17.2. The Bertz CT molecular complexity index is 1440. The van der Waals surface area contributed by atoms with Crippen molar-refractivity contribution in [3.05, 3.63) is 77.2 Å². The summed E-state index contributed by atoms with van der Waals surface area (Å²) in [6, 6.07) is 7.38. The molecule has 7 nitrogen and oxygen atoms in total. The topological polar surface area (TPSA) is 86.8 Å².